The Bertz CT molecular complexity index is 3380. The van der Waals surface area contributed by atoms with Gasteiger partial charge in [0, 0.05) is 72.3 Å². The number of aryl methyl sites for hydroxylation is 1. The fraction of sp³-hybridized carbons (Fsp3) is 0.206. The van der Waals surface area contributed by atoms with Gasteiger partial charge in [0.05, 0.1) is 17.1 Å². The first-order chi connectivity index (χ1) is 34.7. The summed E-state index contributed by atoms with van der Waals surface area (Å²) in [5.41, 5.74) is 16.7. The maximum Gasteiger partial charge on any atom is 0.227 e. The minimum atomic E-state index is -2.33. The van der Waals surface area contributed by atoms with Crippen molar-refractivity contribution in [3.05, 3.63) is 216 Å². The molecular weight excluding hydrogens is 829 g/mol. The van der Waals surface area contributed by atoms with Gasteiger partial charge < -0.3 is 4.42 Å². The van der Waals surface area contributed by atoms with Gasteiger partial charge in [-0.25, -0.2) is 4.98 Å². The highest BCUT2D eigenvalue weighted by atomic mass is 16.3. The number of furan rings is 1. The molecule has 10 aromatic rings. The number of aromatic nitrogens is 4. The molecule has 5 aromatic carbocycles. The van der Waals surface area contributed by atoms with Crippen molar-refractivity contribution in [3.63, 3.8) is 0 Å². The van der Waals surface area contributed by atoms with Crippen LogP contribution in [0, 0.1) is 6.85 Å². The summed E-state index contributed by atoms with van der Waals surface area (Å²) in [4.78, 5) is 19.6. The van der Waals surface area contributed by atoms with Crippen molar-refractivity contribution in [2.75, 3.05) is 0 Å². The highest BCUT2D eigenvalue weighted by Gasteiger charge is 2.38. The molecule has 68 heavy (non-hydrogen) atoms. The molecule has 5 heteroatoms. The minimum absolute atomic E-state index is 0.00384. The van der Waals surface area contributed by atoms with Crippen LogP contribution in [0.15, 0.2) is 193 Å². The lowest BCUT2D eigenvalue weighted by Crippen LogP contribution is -2.27. The first kappa shape index (κ1) is 38.6. The van der Waals surface area contributed by atoms with E-state index in [1.165, 1.54) is 59.1 Å². The molecule has 5 nitrogen and oxygen atoms in total. The van der Waals surface area contributed by atoms with Crippen LogP contribution in [0.1, 0.15) is 83.4 Å². The fourth-order valence-corrected chi connectivity index (χ4v) is 11.7. The Hall–Kier alpha value is -7.50. The van der Waals surface area contributed by atoms with Crippen LogP contribution < -0.4 is 0 Å². The molecule has 332 valence electrons. The van der Waals surface area contributed by atoms with Gasteiger partial charge in [-0.2, -0.15) is 0 Å². The van der Waals surface area contributed by atoms with Gasteiger partial charge in [-0.3, -0.25) is 15.0 Å². The number of benzene rings is 5. The lowest BCUT2D eigenvalue weighted by atomic mass is 9.72. The Morgan fingerprint density at radius 1 is 0.456 bits per heavy atom. The van der Waals surface area contributed by atoms with Gasteiger partial charge in [-0.05, 0) is 121 Å². The first-order valence-electron chi connectivity index (χ1n) is 25.8. The summed E-state index contributed by atoms with van der Waals surface area (Å²) in [7, 11) is 0. The quantitative estimate of drug-likeness (QED) is 0.129. The van der Waals surface area contributed by atoms with Gasteiger partial charge in [-0.1, -0.05) is 159 Å². The summed E-state index contributed by atoms with van der Waals surface area (Å²) in [6, 6.07) is 59.8. The van der Waals surface area contributed by atoms with Crippen LogP contribution >= 0.6 is 0 Å². The van der Waals surface area contributed by atoms with E-state index in [0.29, 0.717) is 11.3 Å². The van der Waals surface area contributed by atoms with E-state index in [-0.39, 0.29) is 16.5 Å². The zero-order valence-electron chi connectivity index (χ0n) is 41.2. The SMILES string of the molecule is [2H]C([2H])([2H])c1ccc2c(n1)oc1c(-c3ccc(-c4ccccc4-c4cc(CC5(c6ccc(-c7ccccc7)nc6)CCCC5)cc(CC5(c6ccc(-c7ccccc7)nc6)CCCC5)c4)cn3)cccc12. The predicted octanol–water partition coefficient (Wildman–Crippen LogP) is 15.9. The molecule has 0 radical (unpaired) electrons. The number of fused-ring (bicyclic) bond motifs is 3. The van der Waals surface area contributed by atoms with Crippen LogP contribution in [-0.4, -0.2) is 19.9 Å². The van der Waals surface area contributed by atoms with Gasteiger partial charge in [-0.15, -0.1) is 0 Å². The van der Waals surface area contributed by atoms with E-state index < -0.39 is 6.85 Å². The maximum absolute atomic E-state index is 7.88. The Morgan fingerprint density at radius 2 is 1.00 bits per heavy atom. The minimum Gasteiger partial charge on any atom is -0.437 e. The van der Waals surface area contributed by atoms with Gasteiger partial charge >= 0.3 is 0 Å². The second kappa shape index (κ2) is 17.6. The van der Waals surface area contributed by atoms with Crippen molar-refractivity contribution in [2.24, 2.45) is 0 Å². The van der Waals surface area contributed by atoms with E-state index in [2.05, 4.69) is 157 Å². The van der Waals surface area contributed by atoms with Crippen molar-refractivity contribution >= 4 is 22.1 Å². The Balaban J connectivity index is 0.925. The summed E-state index contributed by atoms with van der Waals surface area (Å²) in [5, 5.41) is 1.64. The lowest BCUT2D eigenvalue weighted by molar-refractivity contribution is 0.431. The zero-order chi connectivity index (χ0) is 48.0. The van der Waals surface area contributed by atoms with Gasteiger partial charge in [0.2, 0.25) is 5.71 Å². The second-order valence-corrected chi connectivity index (χ2v) is 19.3. The van der Waals surface area contributed by atoms with Crippen molar-refractivity contribution in [2.45, 2.75) is 81.9 Å². The molecule has 2 aliphatic carbocycles. The third-order valence-corrected chi connectivity index (χ3v) is 15.1. The van der Waals surface area contributed by atoms with Gasteiger partial charge in [0.15, 0.2) is 0 Å². The van der Waals surface area contributed by atoms with E-state index in [1.807, 2.05) is 24.4 Å². The average molecular weight is 886 g/mol. The predicted molar refractivity (Wildman–Crippen MR) is 277 cm³/mol. The third kappa shape index (κ3) is 7.90. The summed E-state index contributed by atoms with van der Waals surface area (Å²) in [6.07, 6.45) is 17.6. The summed E-state index contributed by atoms with van der Waals surface area (Å²) >= 11 is 0. The summed E-state index contributed by atoms with van der Waals surface area (Å²) in [5.74, 6) is 0. The molecule has 2 saturated carbocycles. The van der Waals surface area contributed by atoms with Crippen LogP contribution in [0.5, 0.6) is 0 Å². The van der Waals surface area contributed by atoms with Crippen LogP contribution in [0.25, 0.3) is 78.1 Å². The van der Waals surface area contributed by atoms with E-state index in [0.717, 1.165) is 94.2 Å². The van der Waals surface area contributed by atoms with Crippen LogP contribution in [0.2, 0.25) is 0 Å². The van der Waals surface area contributed by atoms with Crippen molar-refractivity contribution in [3.8, 4) is 56.0 Å². The van der Waals surface area contributed by atoms with Crippen LogP contribution in [-0.2, 0) is 23.7 Å². The normalized spacial score (nSPS) is 16.1. The largest absolute Gasteiger partial charge is 0.437 e. The molecule has 5 heterocycles. The topological polar surface area (TPSA) is 64.7 Å². The molecule has 5 aromatic heterocycles. The Morgan fingerprint density at radius 3 is 1.54 bits per heavy atom. The molecular formula is C63H54N4O. The second-order valence-electron chi connectivity index (χ2n) is 19.3. The summed E-state index contributed by atoms with van der Waals surface area (Å²) in [6.45, 7) is -2.33. The highest BCUT2D eigenvalue weighted by molar-refractivity contribution is 6.08. The molecule has 2 aliphatic rings. The number of hydrogen-bond donors (Lipinski definition) is 0. The molecule has 0 spiro atoms. The monoisotopic (exact) mass is 885 g/mol. The first-order valence-corrected chi connectivity index (χ1v) is 24.3. The van der Waals surface area contributed by atoms with Crippen molar-refractivity contribution in [1.29, 1.82) is 0 Å². The molecule has 0 saturated heterocycles. The Labute approximate surface area is 403 Å². The van der Waals surface area contributed by atoms with E-state index in [1.54, 1.807) is 12.1 Å². The molecule has 0 atom stereocenters. The standard InChI is InChI=1S/C63H54N4O/c1-43-23-27-55-54-21-14-22-56(60(54)68-61(55)67-43)59-28-24-48(40-64-59)52-19-8-9-20-53(52)49-36-44(38-62(31-10-11-32-62)50-25-29-57(65-41-50)46-15-4-2-5-16-46)35-45(37-49)39-63(33-12-13-34-63)51-26-30-58(66-42-51)47-17-6-3-7-18-47/h2-9,14-30,35-37,40-42H,10-13,31-34,38-39H2,1H3/i1D3. The Kier molecular flexibility index (Phi) is 10.00. The number of rotatable bonds is 11. The van der Waals surface area contributed by atoms with Gasteiger partial charge in [0.25, 0.3) is 0 Å². The maximum atomic E-state index is 7.88. The highest BCUT2D eigenvalue weighted by Crippen LogP contribution is 2.47. The lowest BCUT2D eigenvalue weighted by Gasteiger charge is -2.32. The number of nitrogens with zero attached hydrogens (tertiary/aromatic N) is 4. The van der Waals surface area contributed by atoms with Crippen LogP contribution in [0.3, 0.4) is 0 Å². The summed E-state index contributed by atoms with van der Waals surface area (Å²) < 4.78 is 29.9. The molecule has 0 bridgehead atoms. The van der Waals surface area contributed by atoms with E-state index in [9.17, 15) is 0 Å². The van der Waals surface area contributed by atoms with E-state index >= 15 is 0 Å². The molecule has 0 amide bonds. The smallest absolute Gasteiger partial charge is 0.227 e. The third-order valence-electron chi connectivity index (χ3n) is 15.1. The zero-order valence-corrected chi connectivity index (χ0v) is 38.2. The molecule has 12 rings (SSSR count). The van der Waals surface area contributed by atoms with Crippen molar-refractivity contribution in [1.82, 2.24) is 19.9 Å². The van der Waals surface area contributed by atoms with Gasteiger partial charge in [0.1, 0.15) is 5.58 Å². The average Bonchev–Trinajstić information content (AvgIpc) is 4.19. The number of para-hydroxylation sites is 1. The van der Waals surface area contributed by atoms with Crippen LogP contribution in [0.4, 0.5) is 0 Å². The number of hydrogen-bond acceptors (Lipinski definition) is 5. The molecule has 0 aliphatic heterocycles. The molecule has 2 fully saturated rings. The number of pyridine rings is 4. The molecule has 0 N–H and O–H groups in total. The molecule has 0 unspecified atom stereocenters. The van der Waals surface area contributed by atoms with E-state index in [4.69, 9.17) is 23.5 Å². The van der Waals surface area contributed by atoms with Crippen molar-refractivity contribution < 1.29 is 8.53 Å². The fourth-order valence-electron chi connectivity index (χ4n) is 11.7.